The monoisotopic (exact) mass is 269 g/mol. The Morgan fingerprint density at radius 2 is 2.28 bits per heavy atom. The van der Waals surface area contributed by atoms with Gasteiger partial charge in [0.15, 0.2) is 0 Å². The number of carboxylic acid groups (broad SMARTS) is 1. The van der Waals surface area contributed by atoms with Crippen LogP contribution in [0.15, 0.2) is 5.38 Å². The topological polar surface area (TPSA) is 59.4 Å². The summed E-state index contributed by atoms with van der Waals surface area (Å²) in [6.07, 6.45) is 1.09. The number of nitrogens with zero attached hydrogens (tertiary/aromatic N) is 1. The quantitative estimate of drug-likeness (QED) is 0.896. The zero-order chi connectivity index (χ0) is 13.3. The lowest BCUT2D eigenvalue weighted by Crippen LogP contribution is -2.29. The summed E-state index contributed by atoms with van der Waals surface area (Å²) in [6.45, 7) is 6.93. The average molecular weight is 269 g/mol. The van der Waals surface area contributed by atoms with Crippen LogP contribution in [0.1, 0.15) is 50.4 Å². The van der Waals surface area contributed by atoms with E-state index in [1.807, 2.05) is 5.38 Å². The van der Waals surface area contributed by atoms with Crippen molar-refractivity contribution in [2.75, 3.05) is 6.61 Å². The van der Waals surface area contributed by atoms with Gasteiger partial charge in [-0.1, -0.05) is 20.8 Å². The molecule has 1 fully saturated rings. The third-order valence-corrected chi connectivity index (χ3v) is 4.38. The molecule has 1 aromatic rings. The molecule has 0 amide bonds. The van der Waals surface area contributed by atoms with Crippen LogP contribution in [-0.4, -0.2) is 22.7 Å². The Morgan fingerprint density at radius 3 is 2.83 bits per heavy atom. The predicted molar refractivity (Wildman–Crippen MR) is 69.9 cm³/mol. The van der Waals surface area contributed by atoms with Crippen LogP contribution in [0.4, 0.5) is 0 Å². The number of carbonyl (C=O) groups is 1. The van der Waals surface area contributed by atoms with Gasteiger partial charge in [0.2, 0.25) is 0 Å². The van der Waals surface area contributed by atoms with Gasteiger partial charge in [0.25, 0.3) is 0 Å². The lowest BCUT2D eigenvalue weighted by Gasteiger charge is -2.27. The highest BCUT2D eigenvalue weighted by atomic mass is 32.1. The molecule has 0 bridgehead atoms. The SMILES string of the molecule is CC(C)(C)c1nc(C2OCCCC2C(=O)O)cs1. The fourth-order valence-electron chi connectivity index (χ4n) is 2.09. The van der Waals surface area contributed by atoms with Gasteiger partial charge in [-0.25, -0.2) is 4.98 Å². The summed E-state index contributed by atoms with van der Waals surface area (Å²) >= 11 is 1.58. The molecule has 2 atom stereocenters. The van der Waals surface area contributed by atoms with Crippen LogP contribution in [0.3, 0.4) is 0 Å². The largest absolute Gasteiger partial charge is 0.481 e. The van der Waals surface area contributed by atoms with Crippen molar-refractivity contribution in [1.82, 2.24) is 4.98 Å². The van der Waals surface area contributed by atoms with E-state index in [9.17, 15) is 9.90 Å². The van der Waals surface area contributed by atoms with E-state index in [0.29, 0.717) is 13.0 Å². The second-order valence-electron chi connectivity index (χ2n) is 5.71. The van der Waals surface area contributed by atoms with Crippen molar-refractivity contribution in [3.63, 3.8) is 0 Å². The molecule has 1 aliphatic heterocycles. The Kier molecular flexibility index (Phi) is 3.73. The van der Waals surface area contributed by atoms with Gasteiger partial charge in [0, 0.05) is 17.4 Å². The van der Waals surface area contributed by atoms with Crippen LogP contribution in [-0.2, 0) is 14.9 Å². The standard InChI is InChI=1S/C13H19NO3S/c1-13(2,3)12-14-9(7-18-12)10-8(11(15)16)5-4-6-17-10/h7-8,10H,4-6H2,1-3H3,(H,15,16). The predicted octanol–water partition coefficient (Wildman–Crippen LogP) is 2.99. The summed E-state index contributed by atoms with van der Waals surface area (Å²) in [6, 6.07) is 0. The second kappa shape index (κ2) is 4.97. The molecule has 100 valence electrons. The van der Waals surface area contributed by atoms with E-state index in [1.54, 1.807) is 11.3 Å². The van der Waals surface area contributed by atoms with E-state index >= 15 is 0 Å². The molecule has 2 heterocycles. The van der Waals surface area contributed by atoms with Gasteiger partial charge in [0.05, 0.1) is 16.6 Å². The highest BCUT2D eigenvalue weighted by Crippen LogP contribution is 2.36. The molecule has 0 aliphatic carbocycles. The zero-order valence-electron chi connectivity index (χ0n) is 11.0. The molecule has 1 aromatic heterocycles. The van der Waals surface area contributed by atoms with Crippen molar-refractivity contribution in [2.24, 2.45) is 5.92 Å². The van der Waals surface area contributed by atoms with Gasteiger partial charge >= 0.3 is 5.97 Å². The molecule has 5 heteroatoms. The Morgan fingerprint density at radius 1 is 1.56 bits per heavy atom. The number of carboxylic acids is 1. The third-order valence-electron chi connectivity index (χ3n) is 3.09. The maximum absolute atomic E-state index is 11.2. The molecule has 18 heavy (non-hydrogen) atoms. The van der Waals surface area contributed by atoms with E-state index in [4.69, 9.17) is 4.74 Å². The van der Waals surface area contributed by atoms with Gasteiger partial charge in [-0.15, -0.1) is 11.3 Å². The maximum atomic E-state index is 11.2. The summed E-state index contributed by atoms with van der Waals surface area (Å²) in [5, 5.41) is 12.2. The number of rotatable bonds is 2. The van der Waals surface area contributed by atoms with Gasteiger partial charge in [-0.05, 0) is 12.8 Å². The first-order chi connectivity index (χ1) is 8.39. The normalized spacial score (nSPS) is 25.1. The zero-order valence-corrected chi connectivity index (χ0v) is 11.8. The number of hydrogen-bond donors (Lipinski definition) is 1. The summed E-state index contributed by atoms with van der Waals surface area (Å²) in [5.74, 6) is -1.25. The van der Waals surface area contributed by atoms with Gasteiger partial charge < -0.3 is 9.84 Å². The number of thiazole rings is 1. The van der Waals surface area contributed by atoms with Crippen molar-refractivity contribution < 1.29 is 14.6 Å². The average Bonchev–Trinajstić information content (AvgIpc) is 2.77. The molecular weight excluding hydrogens is 250 g/mol. The Hall–Kier alpha value is -0.940. The molecule has 0 aromatic carbocycles. The molecule has 1 aliphatic rings. The molecule has 0 saturated carbocycles. The second-order valence-corrected chi connectivity index (χ2v) is 6.56. The Labute approximate surface area is 111 Å². The molecule has 0 spiro atoms. The van der Waals surface area contributed by atoms with Crippen LogP contribution in [0, 0.1) is 5.92 Å². The van der Waals surface area contributed by atoms with Crippen LogP contribution in [0.2, 0.25) is 0 Å². The maximum Gasteiger partial charge on any atom is 0.309 e. The Bertz CT molecular complexity index is 436. The smallest absolute Gasteiger partial charge is 0.309 e. The van der Waals surface area contributed by atoms with Crippen molar-refractivity contribution >= 4 is 17.3 Å². The van der Waals surface area contributed by atoms with Crippen molar-refractivity contribution in [3.05, 3.63) is 16.1 Å². The number of hydrogen-bond acceptors (Lipinski definition) is 4. The summed E-state index contributed by atoms with van der Waals surface area (Å²) in [5.41, 5.74) is 0.771. The van der Waals surface area contributed by atoms with E-state index in [2.05, 4.69) is 25.8 Å². The fraction of sp³-hybridized carbons (Fsp3) is 0.692. The first-order valence-corrected chi connectivity index (χ1v) is 7.08. The summed E-state index contributed by atoms with van der Waals surface area (Å²) in [7, 11) is 0. The molecular formula is C13H19NO3S. The molecule has 2 rings (SSSR count). The molecule has 1 saturated heterocycles. The van der Waals surface area contributed by atoms with Crippen molar-refractivity contribution in [1.29, 1.82) is 0 Å². The number of aliphatic carboxylic acids is 1. The molecule has 2 unspecified atom stereocenters. The van der Waals surface area contributed by atoms with Crippen LogP contribution >= 0.6 is 11.3 Å². The highest BCUT2D eigenvalue weighted by molar-refractivity contribution is 7.09. The lowest BCUT2D eigenvalue weighted by molar-refractivity contribution is -0.152. The number of aromatic nitrogens is 1. The molecule has 0 radical (unpaired) electrons. The van der Waals surface area contributed by atoms with Gasteiger partial charge in [-0.3, -0.25) is 4.79 Å². The van der Waals surface area contributed by atoms with E-state index in [0.717, 1.165) is 17.1 Å². The summed E-state index contributed by atoms with van der Waals surface area (Å²) in [4.78, 5) is 15.8. The fourth-order valence-corrected chi connectivity index (χ4v) is 3.02. The molecule has 4 nitrogen and oxygen atoms in total. The molecule has 1 N–H and O–H groups in total. The van der Waals surface area contributed by atoms with Crippen LogP contribution in [0.5, 0.6) is 0 Å². The van der Waals surface area contributed by atoms with Gasteiger partial charge in [-0.2, -0.15) is 0 Å². The first kappa shape index (κ1) is 13.5. The Balaban J connectivity index is 2.24. The van der Waals surface area contributed by atoms with Gasteiger partial charge in [0.1, 0.15) is 6.10 Å². The van der Waals surface area contributed by atoms with E-state index in [1.165, 1.54) is 0 Å². The van der Waals surface area contributed by atoms with Crippen LogP contribution < -0.4 is 0 Å². The minimum atomic E-state index is -0.787. The minimum absolute atomic E-state index is 0.00367. The van der Waals surface area contributed by atoms with Crippen molar-refractivity contribution in [3.8, 4) is 0 Å². The van der Waals surface area contributed by atoms with E-state index < -0.39 is 11.9 Å². The third kappa shape index (κ3) is 2.72. The number of ether oxygens (including phenoxy) is 1. The minimum Gasteiger partial charge on any atom is -0.481 e. The lowest BCUT2D eigenvalue weighted by atomic mass is 9.92. The van der Waals surface area contributed by atoms with E-state index in [-0.39, 0.29) is 11.5 Å². The van der Waals surface area contributed by atoms with Crippen LogP contribution in [0.25, 0.3) is 0 Å². The first-order valence-electron chi connectivity index (χ1n) is 6.20. The van der Waals surface area contributed by atoms with Crippen molar-refractivity contribution in [2.45, 2.75) is 45.1 Å². The summed E-state index contributed by atoms with van der Waals surface area (Å²) < 4.78 is 5.63. The highest BCUT2D eigenvalue weighted by Gasteiger charge is 2.35.